The van der Waals surface area contributed by atoms with Gasteiger partial charge in [-0.3, -0.25) is 28.5 Å². The van der Waals surface area contributed by atoms with Gasteiger partial charge in [-0.1, -0.05) is 45.9 Å². The highest BCUT2D eigenvalue weighted by atomic mass is 31.2. The van der Waals surface area contributed by atoms with Crippen LogP contribution in [0.2, 0.25) is 0 Å². The predicted octanol–water partition coefficient (Wildman–Crippen LogP) is 3.88. The Morgan fingerprint density at radius 3 is 2.35 bits per heavy atom. The molecule has 0 aliphatic carbocycles. The van der Waals surface area contributed by atoms with Gasteiger partial charge in [0.25, 0.3) is 0 Å². The number of para-hydroxylation sites is 1. The molecule has 6 atom stereocenters. The highest BCUT2D eigenvalue weighted by Crippen LogP contribution is 2.50. The van der Waals surface area contributed by atoms with E-state index in [1.54, 1.807) is 65.0 Å². The quantitative estimate of drug-likeness (QED) is 0.107. The predicted molar refractivity (Wildman–Crippen MR) is 170 cm³/mol. The van der Waals surface area contributed by atoms with Gasteiger partial charge in [0.2, 0.25) is 6.10 Å². The molecule has 1 aliphatic rings. The second kappa shape index (κ2) is 15.1. The molecule has 1 saturated heterocycles. The van der Waals surface area contributed by atoms with Gasteiger partial charge in [0, 0.05) is 0 Å². The van der Waals surface area contributed by atoms with Gasteiger partial charge in [-0.2, -0.15) is 10.2 Å². The van der Waals surface area contributed by atoms with Crippen molar-refractivity contribution in [2.24, 2.45) is 11.8 Å². The van der Waals surface area contributed by atoms with Gasteiger partial charge >= 0.3 is 31.4 Å². The average molecular weight is 687 g/mol. The number of nitrogens with zero attached hydrogens (tertiary/aromatic N) is 4. The van der Waals surface area contributed by atoms with E-state index in [-0.39, 0.29) is 23.9 Å². The van der Waals surface area contributed by atoms with Crippen LogP contribution in [0.4, 0.5) is 5.82 Å². The Morgan fingerprint density at radius 2 is 1.73 bits per heavy atom. The van der Waals surface area contributed by atoms with Gasteiger partial charge in [-0.15, -0.1) is 0 Å². The van der Waals surface area contributed by atoms with Crippen molar-refractivity contribution >= 4 is 37.0 Å². The summed E-state index contributed by atoms with van der Waals surface area (Å²) >= 11 is 0. The summed E-state index contributed by atoms with van der Waals surface area (Å²) in [5.74, 6) is -3.13. The molecule has 0 radical (unpaired) electrons. The van der Waals surface area contributed by atoms with Crippen molar-refractivity contribution in [3.63, 3.8) is 0 Å². The molecule has 0 unspecified atom stereocenters. The number of anilines is 1. The molecule has 0 bridgehead atoms. The Hall–Kier alpha value is -4.55. The van der Waals surface area contributed by atoms with Crippen LogP contribution in [0.1, 0.15) is 53.3 Å². The first-order chi connectivity index (χ1) is 22.7. The van der Waals surface area contributed by atoms with E-state index in [4.69, 9.17) is 40.3 Å². The highest BCUT2D eigenvalue weighted by molar-refractivity contribution is 7.52. The summed E-state index contributed by atoms with van der Waals surface area (Å²) < 4.78 is 50.4. The minimum absolute atomic E-state index is 0.0655. The van der Waals surface area contributed by atoms with Crippen molar-refractivity contribution < 1.29 is 46.9 Å². The number of nitrogens with two attached hydrogens (primary N) is 1. The summed E-state index contributed by atoms with van der Waals surface area (Å²) in [7, 11) is -4.52. The number of ether oxygens (including phenoxy) is 4. The van der Waals surface area contributed by atoms with E-state index in [1.165, 1.54) is 29.9 Å². The van der Waals surface area contributed by atoms with Crippen molar-refractivity contribution in [1.29, 1.82) is 0 Å². The molecule has 48 heavy (non-hydrogen) atoms. The minimum Gasteiger partial charge on any atom is -0.465 e. The zero-order valence-corrected chi connectivity index (χ0v) is 28.3. The fourth-order valence-electron chi connectivity index (χ4n) is 4.68. The molecule has 1 aliphatic heterocycles. The van der Waals surface area contributed by atoms with Gasteiger partial charge in [-0.25, -0.2) is 20.6 Å². The highest BCUT2D eigenvalue weighted by Gasteiger charge is 2.67. The lowest BCUT2D eigenvalue weighted by atomic mass is 10.0. The number of aromatic nitrogens is 3. The number of rotatable bonds is 14. The molecule has 3 aromatic rings. The van der Waals surface area contributed by atoms with Crippen LogP contribution in [0, 0.1) is 18.4 Å². The van der Waals surface area contributed by atoms with Crippen molar-refractivity contribution in [1.82, 2.24) is 19.7 Å². The van der Waals surface area contributed by atoms with Crippen LogP contribution in [-0.2, 0) is 42.4 Å². The molecule has 3 N–H and O–H groups in total. The van der Waals surface area contributed by atoms with E-state index in [0.717, 1.165) is 0 Å². The van der Waals surface area contributed by atoms with Gasteiger partial charge in [0.1, 0.15) is 29.7 Å². The van der Waals surface area contributed by atoms with Crippen molar-refractivity contribution in [2.45, 2.75) is 71.6 Å². The van der Waals surface area contributed by atoms with Crippen molar-refractivity contribution in [2.75, 3.05) is 18.9 Å². The third kappa shape index (κ3) is 7.94. The van der Waals surface area contributed by atoms with Crippen molar-refractivity contribution in [3.05, 3.63) is 65.9 Å². The number of fused-ring (bicyclic) bond motifs is 1. The molecular weight excluding hydrogens is 647 g/mol. The number of nitrogens with one attached hydrogen (secondary N) is 1. The maximum Gasteiger partial charge on any atom is 0.459 e. The molecule has 0 amide bonds. The lowest BCUT2D eigenvalue weighted by Crippen LogP contribution is -2.49. The number of hydrogen-bond acceptors (Lipinski definition) is 13. The maximum absolute atomic E-state index is 14.3. The first kappa shape index (κ1) is 36.3. The van der Waals surface area contributed by atoms with Gasteiger partial charge < -0.3 is 24.5 Å². The molecule has 4 rings (SSSR count). The number of benzene rings is 1. The number of hydrogen-bond donors (Lipinski definition) is 2. The van der Waals surface area contributed by atoms with E-state index < -0.39 is 74.2 Å². The second-order valence-electron chi connectivity index (χ2n) is 11.5. The van der Waals surface area contributed by atoms with Gasteiger partial charge in [0.15, 0.2) is 18.5 Å². The summed E-state index contributed by atoms with van der Waals surface area (Å²) in [6.45, 7) is 16.9. The zero-order valence-electron chi connectivity index (χ0n) is 27.4. The monoisotopic (exact) mass is 686 g/mol. The van der Waals surface area contributed by atoms with Crippen LogP contribution >= 0.6 is 7.75 Å². The maximum atomic E-state index is 14.3. The van der Waals surface area contributed by atoms with Gasteiger partial charge in [0.05, 0.1) is 24.1 Å². The lowest BCUT2D eigenvalue weighted by molar-refractivity contribution is -0.174. The average Bonchev–Trinajstić information content (AvgIpc) is 3.61. The molecule has 1 aromatic carbocycles. The SMILES string of the molecule is [C-]#[N+][C@]1(CO[P@@](=O)(N[C@@H](C)C(=O)OCC)Oc2ccccc2)O[C@@H](c2ccc3c(N)ncnn23)[C@H](OC(=O)C(C)C)[C@@H]1OC(=O)C(C)C. The van der Waals surface area contributed by atoms with E-state index >= 15 is 0 Å². The summed E-state index contributed by atoms with van der Waals surface area (Å²) in [5.41, 5.74) is 4.47. The Balaban J connectivity index is 1.80. The topological polar surface area (TPSA) is 196 Å². The first-order valence-electron chi connectivity index (χ1n) is 15.2. The molecule has 1 fully saturated rings. The van der Waals surface area contributed by atoms with Crippen LogP contribution in [0.5, 0.6) is 5.75 Å². The standard InChI is InChI=1S/C31H39N6O10P/c1-8-42-30(40)20(6)36-48(41,47-21-12-10-9-11-13-21)43-16-31(33-7)26(45-29(39)19(4)5)25(44-28(38)18(2)3)24(46-31)22-14-15-23-27(32)34-17-35-37(22)23/h9-15,17-20,24-26H,8,16H2,1-6H3,(H,36,41)(H2,32,34,35)/t20-,24-,25-,26-,31+,48-/m0/s1. The molecule has 0 spiro atoms. The van der Waals surface area contributed by atoms with Gasteiger partial charge in [-0.05, 0) is 38.1 Å². The van der Waals surface area contributed by atoms with E-state index in [1.807, 2.05) is 0 Å². The largest absolute Gasteiger partial charge is 0.465 e. The molecule has 0 saturated carbocycles. The third-order valence-electron chi connectivity index (χ3n) is 7.20. The molecule has 3 heterocycles. The van der Waals surface area contributed by atoms with E-state index in [9.17, 15) is 18.9 Å². The number of nitrogen functional groups attached to an aromatic ring is 1. The number of carbonyl (C=O) groups is 3. The first-order valence-corrected chi connectivity index (χ1v) is 16.8. The number of esters is 3. The summed E-state index contributed by atoms with van der Waals surface area (Å²) in [6.07, 6.45) is -3.07. The van der Waals surface area contributed by atoms with Crippen LogP contribution < -0.4 is 15.3 Å². The second-order valence-corrected chi connectivity index (χ2v) is 13.2. The van der Waals surface area contributed by atoms with Crippen LogP contribution in [-0.4, -0.2) is 69.7 Å². The summed E-state index contributed by atoms with van der Waals surface area (Å²) in [4.78, 5) is 46.3. The molecule has 16 nitrogen and oxygen atoms in total. The van der Waals surface area contributed by atoms with Crippen LogP contribution in [0.3, 0.4) is 0 Å². The Bertz CT molecular complexity index is 1710. The fraction of sp³-hybridized carbons (Fsp3) is 0.484. The molecule has 17 heteroatoms. The lowest BCUT2D eigenvalue weighted by Gasteiger charge is -2.28. The fourth-order valence-corrected chi connectivity index (χ4v) is 6.20. The molecule has 2 aromatic heterocycles. The zero-order chi connectivity index (χ0) is 35.2. The summed E-state index contributed by atoms with van der Waals surface area (Å²) in [6, 6.07) is 10.0. The Kier molecular flexibility index (Phi) is 11.4. The third-order valence-corrected chi connectivity index (χ3v) is 8.83. The van der Waals surface area contributed by atoms with Crippen LogP contribution in [0.25, 0.3) is 10.4 Å². The summed E-state index contributed by atoms with van der Waals surface area (Å²) in [5, 5.41) is 6.79. The van der Waals surface area contributed by atoms with E-state index in [0.29, 0.717) is 5.52 Å². The molecule has 258 valence electrons. The van der Waals surface area contributed by atoms with Crippen LogP contribution in [0.15, 0.2) is 48.8 Å². The Morgan fingerprint density at radius 1 is 1.06 bits per heavy atom. The number of carbonyl (C=O) groups excluding carboxylic acids is 3. The van der Waals surface area contributed by atoms with E-state index in [2.05, 4.69) is 20.0 Å². The smallest absolute Gasteiger partial charge is 0.459 e. The minimum atomic E-state index is -4.52. The molecular formula is C31H39N6O10P. The Labute approximate surface area is 277 Å². The van der Waals surface area contributed by atoms with Crippen molar-refractivity contribution in [3.8, 4) is 5.75 Å². The normalized spacial score (nSPS) is 22.5.